The molecule has 22 heavy (non-hydrogen) atoms. The lowest BCUT2D eigenvalue weighted by Crippen LogP contribution is -2.41. The van der Waals surface area contributed by atoms with Gasteiger partial charge in [0.2, 0.25) is 5.91 Å². The number of halogens is 2. The first-order valence-corrected chi connectivity index (χ1v) is 7.76. The summed E-state index contributed by atoms with van der Waals surface area (Å²) >= 11 is 0. The standard InChI is InChI=1S/C15H24N4O.2ClH/c16-13-5-1-3-11(13)9-14(20)19-8-2-4-12(10-19)15-17-6-7-18-15;;/h6-7,11-13H,1-5,8-10,16H2,(H,17,18);2*1H/t11-,12?,13+;;/m0../s1. The van der Waals surface area contributed by atoms with Crippen LogP contribution in [-0.4, -0.2) is 39.9 Å². The molecule has 0 bridgehead atoms. The van der Waals surface area contributed by atoms with Crippen molar-refractivity contribution in [1.82, 2.24) is 14.9 Å². The van der Waals surface area contributed by atoms with Crippen LogP contribution in [-0.2, 0) is 4.79 Å². The second-order valence-corrected chi connectivity index (χ2v) is 6.21. The summed E-state index contributed by atoms with van der Waals surface area (Å²) < 4.78 is 0. The van der Waals surface area contributed by atoms with Crippen molar-refractivity contribution in [2.24, 2.45) is 11.7 Å². The zero-order chi connectivity index (χ0) is 13.9. The van der Waals surface area contributed by atoms with Gasteiger partial charge in [-0.15, -0.1) is 24.8 Å². The Hall–Kier alpha value is -0.780. The monoisotopic (exact) mass is 348 g/mol. The molecular weight excluding hydrogens is 323 g/mol. The van der Waals surface area contributed by atoms with E-state index in [4.69, 9.17) is 5.73 Å². The summed E-state index contributed by atoms with van der Waals surface area (Å²) in [6.45, 7) is 1.69. The number of likely N-dealkylation sites (tertiary alicyclic amines) is 1. The summed E-state index contributed by atoms with van der Waals surface area (Å²) in [5, 5.41) is 0. The third kappa shape index (κ3) is 4.37. The van der Waals surface area contributed by atoms with Crippen LogP contribution in [0.4, 0.5) is 0 Å². The number of imidazole rings is 1. The maximum Gasteiger partial charge on any atom is 0.222 e. The highest BCUT2D eigenvalue weighted by molar-refractivity contribution is 5.85. The van der Waals surface area contributed by atoms with E-state index in [2.05, 4.69) is 9.97 Å². The predicted molar refractivity (Wildman–Crippen MR) is 91.6 cm³/mol. The van der Waals surface area contributed by atoms with E-state index in [-0.39, 0.29) is 36.8 Å². The van der Waals surface area contributed by atoms with Gasteiger partial charge in [-0.05, 0) is 31.6 Å². The third-order valence-corrected chi connectivity index (χ3v) is 4.83. The van der Waals surface area contributed by atoms with Crippen molar-refractivity contribution in [1.29, 1.82) is 0 Å². The minimum Gasteiger partial charge on any atom is -0.348 e. The van der Waals surface area contributed by atoms with Crippen molar-refractivity contribution < 1.29 is 4.79 Å². The van der Waals surface area contributed by atoms with Gasteiger partial charge in [0.15, 0.2) is 0 Å². The molecule has 1 aromatic rings. The highest BCUT2D eigenvalue weighted by Gasteiger charge is 2.30. The van der Waals surface area contributed by atoms with Crippen LogP contribution in [0.15, 0.2) is 12.4 Å². The second kappa shape index (κ2) is 8.75. The van der Waals surface area contributed by atoms with Gasteiger partial charge in [-0.2, -0.15) is 0 Å². The Morgan fingerprint density at radius 2 is 2.14 bits per heavy atom. The Morgan fingerprint density at radius 3 is 2.77 bits per heavy atom. The molecule has 0 radical (unpaired) electrons. The minimum atomic E-state index is 0. The zero-order valence-corrected chi connectivity index (χ0v) is 14.4. The van der Waals surface area contributed by atoms with E-state index >= 15 is 0 Å². The van der Waals surface area contributed by atoms with Crippen LogP contribution < -0.4 is 5.73 Å². The number of carbonyl (C=O) groups is 1. The predicted octanol–water partition coefficient (Wildman–Crippen LogP) is 2.48. The van der Waals surface area contributed by atoms with Gasteiger partial charge in [0.05, 0.1) is 0 Å². The number of nitrogens with one attached hydrogen (secondary N) is 1. The van der Waals surface area contributed by atoms with E-state index in [0.29, 0.717) is 18.3 Å². The van der Waals surface area contributed by atoms with Crippen LogP contribution in [0.5, 0.6) is 0 Å². The molecule has 0 spiro atoms. The molecule has 5 nitrogen and oxygen atoms in total. The molecule has 1 saturated heterocycles. The van der Waals surface area contributed by atoms with Crippen LogP contribution in [0.3, 0.4) is 0 Å². The summed E-state index contributed by atoms with van der Waals surface area (Å²) in [7, 11) is 0. The number of carbonyl (C=O) groups excluding carboxylic acids is 1. The molecule has 2 heterocycles. The lowest BCUT2D eigenvalue weighted by molar-refractivity contribution is -0.133. The number of nitrogens with zero attached hydrogens (tertiary/aromatic N) is 2. The van der Waals surface area contributed by atoms with E-state index in [1.165, 1.54) is 6.42 Å². The number of hydrogen-bond donors (Lipinski definition) is 2. The molecule has 7 heteroatoms. The number of H-pyrrole nitrogens is 1. The number of rotatable bonds is 3. The SMILES string of the molecule is Cl.Cl.N[C@@H]1CCC[C@H]1CC(=O)N1CCCC(c2ncc[nH]2)C1. The van der Waals surface area contributed by atoms with Gasteiger partial charge < -0.3 is 15.6 Å². The number of aromatic amines is 1. The lowest BCUT2D eigenvalue weighted by Gasteiger charge is -2.33. The average molecular weight is 349 g/mol. The number of piperidine rings is 1. The van der Waals surface area contributed by atoms with Crippen LogP contribution in [0, 0.1) is 5.92 Å². The zero-order valence-electron chi connectivity index (χ0n) is 12.7. The van der Waals surface area contributed by atoms with E-state index in [9.17, 15) is 4.79 Å². The van der Waals surface area contributed by atoms with Crippen molar-refractivity contribution in [3.8, 4) is 0 Å². The summed E-state index contributed by atoms with van der Waals surface area (Å²) in [5.74, 6) is 2.05. The third-order valence-electron chi connectivity index (χ3n) is 4.83. The number of amides is 1. The van der Waals surface area contributed by atoms with Gasteiger partial charge in [0.1, 0.15) is 5.82 Å². The Morgan fingerprint density at radius 1 is 1.32 bits per heavy atom. The largest absolute Gasteiger partial charge is 0.348 e. The Balaban J connectivity index is 0.00000121. The van der Waals surface area contributed by atoms with E-state index in [1.807, 2.05) is 11.1 Å². The first-order valence-electron chi connectivity index (χ1n) is 7.76. The maximum atomic E-state index is 12.5. The lowest BCUT2D eigenvalue weighted by atomic mass is 9.95. The smallest absolute Gasteiger partial charge is 0.222 e. The number of aromatic nitrogens is 2. The molecule has 3 N–H and O–H groups in total. The van der Waals surface area contributed by atoms with Gasteiger partial charge in [-0.25, -0.2) is 4.98 Å². The van der Waals surface area contributed by atoms with Crippen molar-refractivity contribution >= 4 is 30.7 Å². The van der Waals surface area contributed by atoms with Gasteiger partial charge >= 0.3 is 0 Å². The number of hydrogen-bond acceptors (Lipinski definition) is 3. The summed E-state index contributed by atoms with van der Waals surface area (Å²) in [6, 6.07) is 0.226. The summed E-state index contributed by atoms with van der Waals surface area (Å²) in [6.07, 6.45) is 9.81. The average Bonchev–Trinajstić information content (AvgIpc) is 3.12. The van der Waals surface area contributed by atoms with Gasteiger partial charge in [0, 0.05) is 43.9 Å². The van der Waals surface area contributed by atoms with Crippen LogP contribution in [0.2, 0.25) is 0 Å². The molecule has 2 fully saturated rings. The maximum absolute atomic E-state index is 12.5. The molecule has 126 valence electrons. The molecular formula is C15H26Cl2N4O. The molecule has 2 aliphatic rings. The number of nitrogens with two attached hydrogens (primary N) is 1. The second-order valence-electron chi connectivity index (χ2n) is 6.21. The molecule has 1 aromatic heterocycles. The van der Waals surface area contributed by atoms with E-state index in [1.54, 1.807) is 6.20 Å². The molecule has 3 rings (SSSR count). The Kier molecular flexibility index (Phi) is 7.66. The van der Waals surface area contributed by atoms with Crippen molar-refractivity contribution in [2.75, 3.05) is 13.1 Å². The van der Waals surface area contributed by atoms with Gasteiger partial charge in [0.25, 0.3) is 0 Å². The van der Waals surface area contributed by atoms with Crippen LogP contribution in [0.25, 0.3) is 0 Å². The molecule has 0 aromatic carbocycles. The Bertz CT molecular complexity index is 454. The summed E-state index contributed by atoms with van der Waals surface area (Å²) in [4.78, 5) is 22.0. The fourth-order valence-electron chi connectivity index (χ4n) is 3.60. The summed E-state index contributed by atoms with van der Waals surface area (Å²) in [5.41, 5.74) is 6.08. The molecule has 1 unspecified atom stereocenters. The van der Waals surface area contributed by atoms with Gasteiger partial charge in [-0.1, -0.05) is 6.42 Å². The first-order chi connectivity index (χ1) is 9.74. The quantitative estimate of drug-likeness (QED) is 0.880. The van der Waals surface area contributed by atoms with E-state index in [0.717, 1.165) is 44.6 Å². The fourth-order valence-corrected chi connectivity index (χ4v) is 3.60. The van der Waals surface area contributed by atoms with Gasteiger partial charge in [-0.3, -0.25) is 4.79 Å². The van der Waals surface area contributed by atoms with Crippen molar-refractivity contribution in [2.45, 2.75) is 50.5 Å². The van der Waals surface area contributed by atoms with Crippen LogP contribution >= 0.6 is 24.8 Å². The fraction of sp³-hybridized carbons (Fsp3) is 0.733. The molecule has 1 aliphatic heterocycles. The molecule has 3 atom stereocenters. The van der Waals surface area contributed by atoms with E-state index < -0.39 is 0 Å². The minimum absolute atomic E-state index is 0. The van der Waals surface area contributed by atoms with Crippen molar-refractivity contribution in [3.05, 3.63) is 18.2 Å². The topological polar surface area (TPSA) is 75.0 Å². The highest BCUT2D eigenvalue weighted by atomic mass is 35.5. The van der Waals surface area contributed by atoms with Crippen molar-refractivity contribution in [3.63, 3.8) is 0 Å². The molecule has 1 amide bonds. The Labute approximate surface area is 144 Å². The normalized spacial score (nSPS) is 27.9. The molecule has 1 aliphatic carbocycles. The highest BCUT2D eigenvalue weighted by Crippen LogP contribution is 2.29. The first kappa shape index (κ1) is 19.3. The molecule has 1 saturated carbocycles. The van der Waals surface area contributed by atoms with Crippen LogP contribution in [0.1, 0.15) is 50.3 Å².